The molecule has 0 aromatic heterocycles. The highest BCUT2D eigenvalue weighted by molar-refractivity contribution is 7.91. The summed E-state index contributed by atoms with van der Waals surface area (Å²) in [5.41, 5.74) is 0.137. The Morgan fingerprint density at radius 2 is 1.81 bits per heavy atom. The van der Waals surface area contributed by atoms with E-state index in [0.717, 1.165) is 5.56 Å². The molecule has 0 amide bonds. The predicted octanol–water partition coefficient (Wildman–Crippen LogP) is 1.79. The van der Waals surface area contributed by atoms with Crippen molar-refractivity contribution >= 4 is 9.84 Å². The van der Waals surface area contributed by atoms with Gasteiger partial charge in [0.15, 0.2) is 9.84 Å². The third kappa shape index (κ3) is 3.06. The summed E-state index contributed by atoms with van der Waals surface area (Å²) < 4.78 is 24.2. The van der Waals surface area contributed by atoms with E-state index in [4.69, 9.17) is 5.11 Å². The maximum Gasteiger partial charge on any atom is 0.179 e. The van der Waals surface area contributed by atoms with Crippen LogP contribution in [0.3, 0.4) is 0 Å². The molecule has 0 aliphatic carbocycles. The summed E-state index contributed by atoms with van der Waals surface area (Å²) in [7, 11) is -3.32. The van der Waals surface area contributed by atoms with Crippen LogP contribution in [-0.2, 0) is 9.84 Å². The molecule has 0 radical (unpaired) electrons. The number of rotatable bonds is 4. The van der Waals surface area contributed by atoms with Crippen LogP contribution in [0, 0.1) is 12.3 Å². The van der Waals surface area contributed by atoms with Gasteiger partial charge in [0.1, 0.15) is 0 Å². The zero-order valence-electron chi connectivity index (χ0n) is 9.90. The summed E-state index contributed by atoms with van der Waals surface area (Å²) in [4.78, 5) is 0.358. The van der Waals surface area contributed by atoms with Crippen LogP contribution in [0.15, 0.2) is 29.2 Å². The molecule has 0 aliphatic rings. The molecule has 16 heavy (non-hydrogen) atoms. The van der Waals surface area contributed by atoms with E-state index in [1.54, 1.807) is 39.0 Å². The molecule has 90 valence electrons. The van der Waals surface area contributed by atoms with Crippen molar-refractivity contribution in [3.63, 3.8) is 0 Å². The number of aliphatic hydroxyl groups excluding tert-OH is 1. The fourth-order valence-electron chi connectivity index (χ4n) is 1.54. The quantitative estimate of drug-likeness (QED) is 0.875. The summed E-state index contributed by atoms with van der Waals surface area (Å²) >= 11 is 0. The number of benzene rings is 1. The minimum atomic E-state index is -3.32. The minimum Gasteiger partial charge on any atom is -0.396 e. The van der Waals surface area contributed by atoms with E-state index in [1.165, 1.54) is 0 Å². The standard InChI is InChI=1S/C12H18O3S/c1-10-6-4-5-7-11(10)16(14,15)9-12(2,3)8-13/h4-7,13H,8-9H2,1-3H3. The van der Waals surface area contributed by atoms with Gasteiger partial charge >= 0.3 is 0 Å². The molecule has 0 spiro atoms. The molecule has 0 atom stereocenters. The van der Waals surface area contributed by atoms with E-state index in [1.807, 2.05) is 6.07 Å². The smallest absolute Gasteiger partial charge is 0.179 e. The molecule has 1 aromatic carbocycles. The molecule has 1 aromatic rings. The number of aryl methyl sites for hydroxylation is 1. The van der Waals surface area contributed by atoms with Crippen molar-refractivity contribution in [2.24, 2.45) is 5.41 Å². The van der Waals surface area contributed by atoms with Crippen LogP contribution in [0.5, 0.6) is 0 Å². The largest absolute Gasteiger partial charge is 0.396 e. The number of hydrogen-bond donors (Lipinski definition) is 1. The normalized spacial score (nSPS) is 12.8. The zero-order chi connectivity index (χ0) is 12.4. The third-order valence-corrected chi connectivity index (χ3v) is 4.73. The fourth-order valence-corrected chi connectivity index (χ4v) is 3.66. The summed E-state index contributed by atoms with van der Waals surface area (Å²) in [5.74, 6) is -0.0403. The van der Waals surface area contributed by atoms with E-state index in [2.05, 4.69) is 0 Å². The van der Waals surface area contributed by atoms with Gasteiger partial charge in [0.25, 0.3) is 0 Å². The van der Waals surface area contributed by atoms with Crippen molar-refractivity contribution in [1.82, 2.24) is 0 Å². The molecular formula is C12H18O3S. The van der Waals surface area contributed by atoms with E-state index in [9.17, 15) is 8.42 Å². The number of hydrogen-bond acceptors (Lipinski definition) is 3. The van der Waals surface area contributed by atoms with E-state index < -0.39 is 15.3 Å². The summed E-state index contributed by atoms with van der Waals surface area (Å²) in [5, 5.41) is 9.11. The van der Waals surface area contributed by atoms with Crippen LogP contribution in [0.4, 0.5) is 0 Å². The van der Waals surface area contributed by atoms with Crippen LogP contribution in [0.2, 0.25) is 0 Å². The Morgan fingerprint density at radius 1 is 1.25 bits per heavy atom. The SMILES string of the molecule is Cc1ccccc1S(=O)(=O)CC(C)(C)CO. The molecule has 3 nitrogen and oxygen atoms in total. The molecule has 0 unspecified atom stereocenters. The van der Waals surface area contributed by atoms with Gasteiger partial charge in [-0.05, 0) is 18.6 Å². The van der Waals surface area contributed by atoms with Gasteiger partial charge in [0, 0.05) is 12.0 Å². The minimum absolute atomic E-state index is 0.0403. The molecule has 0 fully saturated rings. The Bertz CT molecular complexity index is 461. The molecule has 1 N–H and O–H groups in total. The molecule has 1 rings (SSSR count). The maximum absolute atomic E-state index is 12.1. The highest BCUT2D eigenvalue weighted by Gasteiger charge is 2.27. The molecule has 4 heteroatoms. The van der Waals surface area contributed by atoms with Crippen molar-refractivity contribution in [3.8, 4) is 0 Å². The number of sulfone groups is 1. The topological polar surface area (TPSA) is 54.4 Å². The summed E-state index contributed by atoms with van der Waals surface area (Å²) in [6.45, 7) is 5.11. The molecule has 0 saturated heterocycles. The Hall–Kier alpha value is -0.870. The van der Waals surface area contributed by atoms with E-state index >= 15 is 0 Å². The lowest BCUT2D eigenvalue weighted by molar-refractivity contribution is 0.179. The predicted molar refractivity (Wildman–Crippen MR) is 64.1 cm³/mol. The highest BCUT2D eigenvalue weighted by atomic mass is 32.2. The van der Waals surface area contributed by atoms with Crippen molar-refractivity contribution in [2.45, 2.75) is 25.7 Å². The second kappa shape index (κ2) is 4.55. The fraction of sp³-hybridized carbons (Fsp3) is 0.500. The Balaban J connectivity index is 3.09. The van der Waals surface area contributed by atoms with Crippen molar-refractivity contribution < 1.29 is 13.5 Å². The maximum atomic E-state index is 12.1. The molecule has 0 heterocycles. The van der Waals surface area contributed by atoms with Crippen molar-refractivity contribution in [1.29, 1.82) is 0 Å². The Morgan fingerprint density at radius 3 is 2.31 bits per heavy atom. The molecule has 0 bridgehead atoms. The van der Waals surface area contributed by atoms with Gasteiger partial charge in [0.05, 0.1) is 10.6 Å². The van der Waals surface area contributed by atoms with Crippen LogP contribution >= 0.6 is 0 Å². The Labute approximate surface area is 97.0 Å². The van der Waals surface area contributed by atoms with Gasteiger partial charge in [-0.1, -0.05) is 32.0 Å². The third-order valence-electron chi connectivity index (χ3n) is 2.44. The Kier molecular flexibility index (Phi) is 3.76. The van der Waals surface area contributed by atoms with Crippen molar-refractivity contribution in [2.75, 3.05) is 12.4 Å². The van der Waals surface area contributed by atoms with Gasteiger partial charge in [-0.25, -0.2) is 8.42 Å². The second-order valence-corrected chi connectivity index (χ2v) is 6.80. The first kappa shape index (κ1) is 13.2. The lowest BCUT2D eigenvalue weighted by Crippen LogP contribution is -2.28. The summed E-state index contributed by atoms with van der Waals surface area (Å²) in [6, 6.07) is 6.91. The van der Waals surface area contributed by atoms with Crippen molar-refractivity contribution in [3.05, 3.63) is 29.8 Å². The van der Waals surface area contributed by atoms with Crippen LogP contribution < -0.4 is 0 Å². The lowest BCUT2D eigenvalue weighted by Gasteiger charge is -2.21. The van der Waals surface area contributed by atoms with E-state index in [0.29, 0.717) is 4.90 Å². The average Bonchev–Trinajstić information content (AvgIpc) is 2.16. The first-order valence-corrected chi connectivity index (χ1v) is 6.83. The van der Waals surface area contributed by atoms with Crippen LogP contribution in [0.25, 0.3) is 0 Å². The molecular weight excluding hydrogens is 224 g/mol. The van der Waals surface area contributed by atoms with Crippen LogP contribution in [0.1, 0.15) is 19.4 Å². The number of aliphatic hydroxyl groups is 1. The van der Waals surface area contributed by atoms with Gasteiger partial charge in [-0.2, -0.15) is 0 Å². The van der Waals surface area contributed by atoms with Gasteiger partial charge in [0.2, 0.25) is 0 Å². The van der Waals surface area contributed by atoms with Gasteiger partial charge < -0.3 is 5.11 Å². The van der Waals surface area contributed by atoms with Crippen LogP contribution in [-0.4, -0.2) is 25.9 Å². The highest BCUT2D eigenvalue weighted by Crippen LogP contribution is 2.24. The first-order chi connectivity index (χ1) is 7.28. The summed E-state index contributed by atoms with van der Waals surface area (Å²) in [6.07, 6.45) is 0. The van der Waals surface area contributed by atoms with Gasteiger partial charge in [-0.3, -0.25) is 0 Å². The monoisotopic (exact) mass is 242 g/mol. The van der Waals surface area contributed by atoms with Gasteiger partial charge in [-0.15, -0.1) is 0 Å². The second-order valence-electron chi connectivity index (χ2n) is 4.85. The molecule has 0 aliphatic heterocycles. The van der Waals surface area contributed by atoms with E-state index in [-0.39, 0.29) is 12.4 Å². The average molecular weight is 242 g/mol. The zero-order valence-corrected chi connectivity index (χ0v) is 10.7. The molecule has 0 saturated carbocycles. The first-order valence-electron chi connectivity index (χ1n) is 5.18. The lowest BCUT2D eigenvalue weighted by atomic mass is 9.98.